The zero-order valence-corrected chi connectivity index (χ0v) is 13.5. The van der Waals surface area contributed by atoms with Crippen molar-refractivity contribution in [2.24, 2.45) is 11.8 Å². The van der Waals surface area contributed by atoms with Crippen molar-refractivity contribution in [3.05, 3.63) is 29.6 Å². The van der Waals surface area contributed by atoms with E-state index in [0.717, 1.165) is 31.6 Å². The van der Waals surface area contributed by atoms with Gasteiger partial charge in [-0.25, -0.2) is 4.98 Å². The van der Waals surface area contributed by atoms with E-state index >= 15 is 0 Å². The molecule has 0 aromatic carbocycles. The molecule has 112 valence electrons. The third kappa shape index (κ3) is 5.72. The number of carbonyl (C=O) groups excluding carboxylic acids is 1. The van der Waals surface area contributed by atoms with Crippen LogP contribution in [-0.2, 0) is 0 Å². The third-order valence-electron chi connectivity index (χ3n) is 3.35. The number of aryl methyl sites for hydroxylation is 1. The molecule has 20 heavy (non-hydrogen) atoms. The zero-order valence-electron chi connectivity index (χ0n) is 13.5. The highest BCUT2D eigenvalue weighted by atomic mass is 16.2. The van der Waals surface area contributed by atoms with Gasteiger partial charge < -0.3 is 4.90 Å². The lowest BCUT2D eigenvalue weighted by molar-refractivity contribution is 0.0734. The minimum absolute atomic E-state index is 0.0648. The number of amides is 1. The molecule has 0 bridgehead atoms. The highest BCUT2D eigenvalue weighted by Gasteiger charge is 2.17. The summed E-state index contributed by atoms with van der Waals surface area (Å²) in [6, 6.07) is 5.63. The molecule has 0 fully saturated rings. The van der Waals surface area contributed by atoms with Crippen LogP contribution in [0.1, 0.15) is 56.7 Å². The minimum Gasteiger partial charge on any atom is -0.337 e. The SMILES string of the molecule is Cc1cccc(C(=O)N(CCC(C)C)CCC(C)C)n1. The number of rotatable bonds is 7. The summed E-state index contributed by atoms with van der Waals surface area (Å²) in [6.45, 7) is 12.3. The molecule has 3 heteroatoms. The van der Waals surface area contributed by atoms with Crippen LogP contribution in [0.5, 0.6) is 0 Å². The molecule has 0 aliphatic rings. The second-order valence-electron chi connectivity index (χ2n) is 6.32. The maximum Gasteiger partial charge on any atom is 0.272 e. The molecule has 0 aliphatic heterocycles. The van der Waals surface area contributed by atoms with Crippen LogP contribution in [0.3, 0.4) is 0 Å². The van der Waals surface area contributed by atoms with Gasteiger partial charge in [0.1, 0.15) is 5.69 Å². The van der Waals surface area contributed by atoms with E-state index < -0.39 is 0 Å². The fraction of sp³-hybridized carbons (Fsp3) is 0.647. The van der Waals surface area contributed by atoms with Gasteiger partial charge in [0.15, 0.2) is 0 Å². The van der Waals surface area contributed by atoms with E-state index in [0.29, 0.717) is 17.5 Å². The molecule has 0 spiro atoms. The average Bonchev–Trinajstić information content (AvgIpc) is 2.37. The van der Waals surface area contributed by atoms with Crippen molar-refractivity contribution in [2.45, 2.75) is 47.5 Å². The zero-order chi connectivity index (χ0) is 15.1. The van der Waals surface area contributed by atoms with Gasteiger partial charge in [0.25, 0.3) is 5.91 Å². The Labute approximate surface area is 123 Å². The standard InChI is InChI=1S/C17H28N2O/c1-13(2)9-11-19(12-10-14(3)4)17(20)16-8-6-7-15(5)18-16/h6-8,13-14H,9-12H2,1-5H3. The van der Waals surface area contributed by atoms with Crippen molar-refractivity contribution in [1.82, 2.24) is 9.88 Å². The van der Waals surface area contributed by atoms with Crippen molar-refractivity contribution >= 4 is 5.91 Å². The fourth-order valence-corrected chi connectivity index (χ4v) is 1.97. The van der Waals surface area contributed by atoms with E-state index in [1.807, 2.05) is 30.0 Å². The van der Waals surface area contributed by atoms with Crippen molar-refractivity contribution in [1.29, 1.82) is 0 Å². The van der Waals surface area contributed by atoms with Crippen LogP contribution in [0.25, 0.3) is 0 Å². The Kier molecular flexibility index (Phi) is 6.69. The largest absolute Gasteiger partial charge is 0.337 e. The van der Waals surface area contributed by atoms with Crippen LogP contribution in [0.4, 0.5) is 0 Å². The third-order valence-corrected chi connectivity index (χ3v) is 3.35. The number of nitrogens with zero attached hydrogens (tertiary/aromatic N) is 2. The maximum atomic E-state index is 12.6. The Morgan fingerprint density at radius 1 is 1.10 bits per heavy atom. The first-order valence-corrected chi connectivity index (χ1v) is 7.63. The van der Waals surface area contributed by atoms with E-state index in [1.54, 1.807) is 0 Å². The highest BCUT2D eigenvalue weighted by molar-refractivity contribution is 5.92. The summed E-state index contributed by atoms with van der Waals surface area (Å²) in [7, 11) is 0. The molecule has 1 heterocycles. The summed E-state index contributed by atoms with van der Waals surface area (Å²) in [4.78, 5) is 18.9. The van der Waals surface area contributed by atoms with Gasteiger partial charge in [0.05, 0.1) is 0 Å². The summed E-state index contributed by atoms with van der Waals surface area (Å²) in [5.74, 6) is 1.28. The summed E-state index contributed by atoms with van der Waals surface area (Å²) >= 11 is 0. The molecule has 0 aliphatic carbocycles. The van der Waals surface area contributed by atoms with Gasteiger partial charge in [-0.2, -0.15) is 0 Å². The fourth-order valence-electron chi connectivity index (χ4n) is 1.97. The van der Waals surface area contributed by atoms with Crippen molar-refractivity contribution in [3.8, 4) is 0 Å². The Morgan fingerprint density at radius 2 is 1.65 bits per heavy atom. The van der Waals surface area contributed by atoms with Gasteiger partial charge in [0, 0.05) is 18.8 Å². The second kappa shape index (κ2) is 8.03. The van der Waals surface area contributed by atoms with E-state index in [9.17, 15) is 4.79 Å². The predicted octanol–water partition coefficient (Wildman–Crippen LogP) is 3.92. The molecule has 0 saturated carbocycles. The average molecular weight is 276 g/mol. The van der Waals surface area contributed by atoms with Crippen LogP contribution in [0.15, 0.2) is 18.2 Å². The van der Waals surface area contributed by atoms with E-state index in [1.165, 1.54) is 0 Å². The molecule has 0 radical (unpaired) electrons. The Bertz CT molecular complexity index is 415. The molecule has 0 saturated heterocycles. The van der Waals surface area contributed by atoms with E-state index in [-0.39, 0.29) is 5.91 Å². The lowest BCUT2D eigenvalue weighted by atomic mass is 10.1. The number of hydrogen-bond donors (Lipinski definition) is 0. The Hall–Kier alpha value is -1.38. The van der Waals surface area contributed by atoms with Crippen LogP contribution in [0, 0.1) is 18.8 Å². The normalized spacial score (nSPS) is 11.2. The molecular weight excluding hydrogens is 248 g/mol. The van der Waals surface area contributed by atoms with Gasteiger partial charge in [-0.3, -0.25) is 4.79 Å². The van der Waals surface area contributed by atoms with Crippen molar-refractivity contribution in [3.63, 3.8) is 0 Å². The second-order valence-corrected chi connectivity index (χ2v) is 6.32. The van der Waals surface area contributed by atoms with Gasteiger partial charge in [-0.15, -0.1) is 0 Å². The Morgan fingerprint density at radius 3 is 2.10 bits per heavy atom. The van der Waals surface area contributed by atoms with Gasteiger partial charge in [-0.1, -0.05) is 33.8 Å². The lowest BCUT2D eigenvalue weighted by Gasteiger charge is -2.24. The summed E-state index contributed by atoms with van der Waals surface area (Å²) < 4.78 is 0. The minimum atomic E-state index is 0.0648. The van der Waals surface area contributed by atoms with E-state index in [2.05, 4.69) is 32.7 Å². The van der Waals surface area contributed by atoms with Crippen molar-refractivity contribution in [2.75, 3.05) is 13.1 Å². The summed E-state index contributed by atoms with van der Waals surface area (Å²) in [6.07, 6.45) is 2.07. The summed E-state index contributed by atoms with van der Waals surface area (Å²) in [5.41, 5.74) is 1.46. The van der Waals surface area contributed by atoms with Crippen LogP contribution in [-0.4, -0.2) is 28.9 Å². The molecule has 1 rings (SSSR count). The molecule has 3 nitrogen and oxygen atoms in total. The smallest absolute Gasteiger partial charge is 0.272 e. The van der Waals surface area contributed by atoms with Crippen LogP contribution >= 0.6 is 0 Å². The van der Waals surface area contributed by atoms with Gasteiger partial charge >= 0.3 is 0 Å². The van der Waals surface area contributed by atoms with E-state index in [4.69, 9.17) is 0 Å². The number of aromatic nitrogens is 1. The molecular formula is C17H28N2O. The molecule has 0 N–H and O–H groups in total. The topological polar surface area (TPSA) is 33.2 Å². The van der Waals surface area contributed by atoms with Gasteiger partial charge in [-0.05, 0) is 43.7 Å². The summed E-state index contributed by atoms with van der Waals surface area (Å²) in [5, 5.41) is 0. The van der Waals surface area contributed by atoms with Crippen LogP contribution < -0.4 is 0 Å². The number of hydrogen-bond acceptors (Lipinski definition) is 2. The number of carbonyl (C=O) groups is 1. The first kappa shape index (κ1) is 16.7. The van der Waals surface area contributed by atoms with Crippen LogP contribution in [0.2, 0.25) is 0 Å². The van der Waals surface area contributed by atoms with Gasteiger partial charge in [0.2, 0.25) is 0 Å². The maximum absolute atomic E-state index is 12.6. The molecule has 0 unspecified atom stereocenters. The predicted molar refractivity (Wildman–Crippen MR) is 83.8 cm³/mol. The molecule has 1 aromatic rings. The first-order valence-electron chi connectivity index (χ1n) is 7.63. The quantitative estimate of drug-likeness (QED) is 0.756. The Balaban J connectivity index is 2.76. The lowest BCUT2D eigenvalue weighted by Crippen LogP contribution is -2.34. The molecule has 1 amide bonds. The molecule has 0 atom stereocenters. The molecule has 1 aromatic heterocycles. The first-order chi connectivity index (χ1) is 9.40. The highest BCUT2D eigenvalue weighted by Crippen LogP contribution is 2.10. The van der Waals surface area contributed by atoms with Crippen molar-refractivity contribution < 1.29 is 4.79 Å². The monoisotopic (exact) mass is 276 g/mol. The number of pyridine rings is 1.